The van der Waals surface area contributed by atoms with Crippen LogP contribution in [-0.2, 0) is 13.1 Å². The molecule has 2 heterocycles. The lowest BCUT2D eigenvalue weighted by Crippen LogP contribution is -3.11. The van der Waals surface area contributed by atoms with Crippen LogP contribution in [0.5, 0.6) is 5.75 Å². The van der Waals surface area contributed by atoms with Gasteiger partial charge in [0.15, 0.2) is 0 Å². The van der Waals surface area contributed by atoms with E-state index in [1.807, 2.05) is 37.3 Å². The lowest BCUT2D eigenvalue weighted by atomic mass is 10.0. The highest BCUT2D eigenvalue weighted by Gasteiger charge is 2.25. The first-order valence-corrected chi connectivity index (χ1v) is 10.0. The summed E-state index contributed by atoms with van der Waals surface area (Å²) >= 11 is 0. The third-order valence-corrected chi connectivity index (χ3v) is 5.63. The van der Waals surface area contributed by atoms with E-state index in [4.69, 9.17) is 4.42 Å². The largest absolute Gasteiger partial charge is 0.507 e. The molecule has 1 aromatic heterocycles. The lowest BCUT2D eigenvalue weighted by Gasteiger charge is -2.24. The van der Waals surface area contributed by atoms with Gasteiger partial charge in [-0.25, -0.2) is 0 Å². The number of quaternary nitrogens is 1. The Hall–Kier alpha value is -2.79. The molecule has 0 spiro atoms. The molecule has 4 rings (SSSR count). The Labute approximate surface area is 165 Å². The number of carbonyl (C=O) groups is 1. The molecule has 28 heavy (non-hydrogen) atoms. The molecular formula is C23H27N2O3+. The van der Waals surface area contributed by atoms with Gasteiger partial charge in [-0.15, -0.1) is 0 Å². The molecule has 0 aliphatic carbocycles. The number of likely N-dealkylation sites (tertiary alicyclic amines) is 1. The van der Waals surface area contributed by atoms with Gasteiger partial charge in [0.2, 0.25) is 0 Å². The molecule has 1 aliphatic rings. The molecule has 5 nitrogen and oxygen atoms in total. The number of phenols is 1. The molecule has 1 fully saturated rings. The van der Waals surface area contributed by atoms with Crippen LogP contribution in [0.1, 0.15) is 46.5 Å². The van der Waals surface area contributed by atoms with E-state index < -0.39 is 0 Å². The van der Waals surface area contributed by atoms with Crippen molar-refractivity contribution in [3.63, 3.8) is 0 Å². The Morgan fingerprint density at radius 3 is 2.61 bits per heavy atom. The summed E-state index contributed by atoms with van der Waals surface area (Å²) in [6.07, 6.45) is 3.69. The van der Waals surface area contributed by atoms with Gasteiger partial charge in [0, 0.05) is 11.9 Å². The predicted molar refractivity (Wildman–Crippen MR) is 108 cm³/mol. The van der Waals surface area contributed by atoms with Crippen LogP contribution in [0.4, 0.5) is 0 Å². The second-order valence-corrected chi connectivity index (χ2v) is 7.63. The average molecular weight is 379 g/mol. The van der Waals surface area contributed by atoms with Crippen molar-refractivity contribution in [2.24, 2.45) is 0 Å². The molecule has 1 aliphatic heterocycles. The van der Waals surface area contributed by atoms with Crippen LogP contribution in [0, 0.1) is 6.92 Å². The van der Waals surface area contributed by atoms with E-state index in [-0.39, 0.29) is 11.7 Å². The summed E-state index contributed by atoms with van der Waals surface area (Å²) in [7, 11) is 0. The maximum Gasteiger partial charge on any atom is 0.255 e. The normalized spacial score (nSPS) is 15.0. The highest BCUT2D eigenvalue weighted by molar-refractivity contribution is 6.08. The summed E-state index contributed by atoms with van der Waals surface area (Å²) in [5, 5.41) is 14.3. The van der Waals surface area contributed by atoms with E-state index in [1.54, 1.807) is 12.1 Å². The summed E-state index contributed by atoms with van der Waals surface area (Å²) < 4.78 is 5.88. The second-order valence-electron chi connectivity index (χ2n) is 7.63. The molecule has 0 bridgehead atoms. The third kappa shape index (κ3) is 3.76. The van der Waals surface area contributed by atoms with Crippen LogP contribution in [-0.4, -0.2) is 24.1 Å². The van der Waals surface area contributed by atoms with E-state index in [2.05, 4.69) is 5.32 Å². The first-order chi connectivity index (χ1) is 13.6. The summed E-state index contributed by atoms with van der Waals surface area (Å²) in [5.74, 6) is 0.658. The van der Waals surface area contributed by atoms with Gasteiger partial charge >= 0.3 is 0 Å². The van der Waals surface area contributed by atoms with Gasteiger partial charge in [0.1, 0.15) is 23.6 Å². The van der Waals surface area contributed by atoms with Gasteiger partial charge < -0.3 is 19.7 Å². The summed E-state index contributed by atoms with van der Waals surface area (Å²) in [5.41, 5.74) is 3.05. The topological polar surface area (TPSA) is 66.9 Å². The van der Waals surface area contributed by atoms with E-state index in [0.717, 1.165) is 29.6 Å². The minimum Gasteiger partial charge on any atom is -0.507 e. The number of benzene rings is 2. The number of nitrogens with one attached hydrogen (secondary N) is 2. The Morgan fingerprint density at radius 2 is 1.86 bits per heavy atom. The van der Waals surface area contributed by atoms with Gasteiger partial charge in [-0.2, -0.15) is 0 Å². The summed E-state index contributed by atoms with van der Waals surface area (Å²) in [4.78, 5) is 14.5. The SMILES string of the molecule is Cc1oc2ccc(O)c(C[NH+]3CCCCC3)c2c1C(=O)NCc1ccccc1. The number of carbonyl (C=O) groups excluding carboxylic acids is 1. The van der Waals surface area contributed by atoms with E-state index in [0.29, 0.717) is 30.0 Å². The Bertz CT molecular complexity index is 972. The molecule has 1 saturated heterocycles. The Morgan fingerprint density at radius 1 is 1.11 bits per heavy atom. The third-order valence-electron chi connectivity index (χ3n) is 5.63. The van der Waals surface area contributed by atoms with Gasteiger partial charge in [0.05, 0.1) is 24.2 Å². The van der Waals surface area contributed by atoms with E-state index in [1.165, 1.54) is 24.2 Å². The van der Waals surface area contributed by atoms with Crippen LogP contribution in [0.15, 0.2) is 46.9 Å². The number of furan rings is 1. The fourth-order valence-corrected chi connectivity index (χ4v) is 4.16. The lowest BCUT2D eigenvalue weighted by molar-refractivity contribution is -0.918. The van der Waals surface area contributed by atoms with Crippen LogP contribution >= 0.6 is 0 Å². The molecule has 0 unspecified atom stereocenters. The van der Waals surface area contributed by atoms with Crippen molar-refractivity contribution in [2.45, 2.75) is 39.3 Å². The maximum absolute atomic E-state index is 13.0. The van der Waals surface area contributed by atoms with Crippen molar-refractivity contribution in [1.82, 2.24) is 5.32 Å². The molecule has 5 heteroatoms. The first-order valence-electron chi connectivity index (χ1n) is 10.0. The zero-order valence-electron chi connectivity index (χ0n) is 16.3. The molecule has 1 amide bonds. The standard InChI is InChI=1S/C23H26N2O3/c1-16-21(23(27)24-14-17-8-4-2-5-9-17)22-18(15-25-12-6-3-7-13-25)19(26)10-11-20(22)28-16/h2,4-5,8-11,26H,3,6-7,12-15H2,1H3,(H,24,27)/p+1. The quantitative estimate of drug-likeness (QED) is 0.639. The molecule has 0 saturated carbocycles. The number of amides is 1. The van der Waals surface area contributed by atoms with Crippen molar-refractivity contribution in [3.05, 3.63) is 64.9 Å². The van der Waals surface area contributed by atoms with Crippen LogP contribution in [0.25, 0.3) is 11.0 Å². The second kappa shape index (κ2) is 8.07. The van der Waals surface area contributed by atoms with Crippen molar-refractivity contribution in [3.8, 4) is 5.75 Å². The Balaban J connectivity index is 1.66. The number of aryl methyl sites for hydroxylation is 1. The van der Waals surface area contributed by atoms with Crippen molar-refractivity contribution >= 4 is 16.9 Å². The fraction of sp³-hybridized carbons (Fsp3) is 0.348. The Kier molecular flexibility index (Phi) is 5.35. The van der Waals surface area contributed by atoms with E-state index in [9.17, 15) is 9.90 Å². The summed E-state index contributed by atoms with van der Waals surface area (Å²) in [6, 6.07) is 13.3. The minimum atomic E-state index is -0.166. The van der Waals surface area contributed by atoms with Crippen LogP contribution < -0.4 is 10.2 Å². The highest BCUT2D eigenvalue weighted by Crippen LogP contribution is 2.33. The number of piperidine rings is 1. The smallest absolute Gasteiger partial charge is 0.255 e. The molecule has 2 aromatic carbocycles. The van der Waals surface area contributed by atoms with Crippen LogP contribution in [0.3, 0.4) is 0 Å². The molecule has 3 N–H and O–H groups in total. The van der Waals surface area contributed by atoms with Crippen molar-refractivity contribution in [2.75, 3.05) is 13.1 Å². The number of phenolic OH excluding ortho intramolecular Hbond substituents is 1. The maximum atomic E-state index is 13.0. The van der Waals surface area contributed by atoms with Gasteiger partial charge in [-0.05, 0) is 43.9 Å². The van der Waals surface area contributed by atoms with Gasteiger partial charge in [-0.3, -0.25) is 4.79 Å². The van der Waals surface area contributed by atoms with Gasteiger partial charge in [-0.1, -0.05) is 30.3 Å². The first kappa shape index (κ1) is 18.6. The highest BCUT2D eigenvalue weighted by atomic mass is 16.3. The molecule has 0 radical (unpaired) electrons. The zero-order valence-corrected chi connectivity index (χ0v) is 16.3. The number of rotatable bonds is 5. The fourth-order valence-electron chi connectivity index (χ4n) is 4.16. The monoisotopic (exact) mass is 379 g/mol. The minimum absolute atomic E-state index is 0.166. The molecule has 146 valence electrons. The van der Waals surface area contributed by atoms with Crippen molar-refractivity contribution < 1.29 is 19.2 Å². The van der Waals surface area contributed by atoms with Crippen molar-refractivity contribution in [1.29, 1.82) is 0 Å². The molecule has 3 aromatic rings. The number of aromatic hydroxyl groups is 1. The van der Waals surface area contributed by atoms with Crippen LogP contribution in [0.2, 0.25) is 0 Å². The predicted octanol–water partition coefficient (Wildman–Crippen LogP) is 2.95. The molecular weight excluding hydrogens is 352 g/mol. The van der Waals surface area contributed by atoms with Gasteiger partial charge in [0.25, 0.3) is 5.91 Å². The molecule has 0 atom stereocenters. The summed E-state index contributed by atoms with van der Waals surface area (Å²) in [6.45, 7) is 5.18. The van der Waals surface area contributed by atoms with E-state index >= 15 is 0 Å². The zero-order chi connectivity index (χ0) is 19.5. The number of fused-ring (bicyclic) bond motifs is 1. The number of hydrogen-bond donors (Lipinski definition) is 3. The number of hydrogen-bond acceptors (Lipinski definition) is 3. The average Bonchev–Trinajstić information content (AvgIpc) is 3.06.